The summed E-state index contributed by atoms with van der Waals surface area (Å²) in [5.74, 6) is -0.394. The van der Waals surface area contributed by atoms with Crippen LogP contribution in [0.15, 0.2) is 18.2 Å². The zero-order chi connectivity index (χ0) is 16.7. The maximum atomic E-state index is 13.3. The van der Waals surface area contributed by atoms with Crippen LogP contribution in [-0.2, 0) is 0 Å². The van der Waals surface area contributed by atoms with Gasteiger partial charge >= 0.3 is 0 Å². The largest absolute Gasteiger partial charge is 0.339 e. The minimum Gasteiger partial charge on any atom is -0.339 e. The van der Waals surface area contributed by atoms with Crippen LogP contribution in [0.25, 0.3) is 0 Å². The fourth-order valence-electron chi connectivity index (χ4n) is 4.34. The van der Waals surface area contributed by atoms with Crippen LogP contribution < -0.4 is 0 Å². The molecule has 0 bridgehead atoms. The number of hydrogen-bond acceptors (Lipinski definition) is 2. The quantitative estimate of drug-likeness (QED) is 0.853. The number of amides is 1. The number of carbonyl (C=O) groups is 1. The van der Waals surface area contributed by atoms with Crippen LogP contribution in [0.2, 0.25) is 0 Å². The van der Waals surface area contributed by atoms with Crippen molar-refractivity contribution in [2.24, 2.45) is 11.8 Å². The summed E-state index contributed by atoms with van der Waals surface area (Å²) in [5.41, 5.74) is 0.0910. The highest BCUT2D eigenvalue weighted by Gasteiger charge is 2.44. The maximum Gasteiger partial charge on any atom is 0.254 e. The second kappa shape index (κ2) is 6.19. The number of nitrogens with zero attached hydrogens (tertiary/aromatic N) is 2. The van der Waals surface area contributed by atoms with E-state index in [9.17, 15) is 13.6 Å². The summed E-state index contributed by atoms with van der Waals surface area (Å²) in [5, 5.41) is 0. The summed E-state index contributed by atoms with van der Waals surface area (Å²) < 4.78 is 26.6. The van der Waals surface area contributed by atoms with E-state index in [0.717, 1.165) is 31.0 Å². The van der Waals surface area contributed by atoms with E-state index in [1.807, 2.05) is 0 Å². The number of rotatable bonds is 3. The van der Waals surface area contributed by atoms with Crippen molar-refractivity contribution < 1.29 is 13.6 Å². The van der Waals surface area contributed by atoms with E-state index in [0.29, 0.717) is 17.9 Å². The Kier molecular flexibility index (Phi) is 4.41. The van der Waals surface area contributed by atoms with Gasteiger partial charge in [0.25, 0.3) is 5.91 Å². The number of fused-ring (bicyclic) bond motifs is 1. The van der Waals surface area contributed by atoms with Gasteiger partial charge in [-0.2, -0.15) is 0 Å². The molecule has 2 aliphatic rings. The summed E-state index contributed by atoms with van der Waals surface area (Å²) in [6.07, 6.45) is 4.36. The molecule has 126 valence electrons. The Labute approximate surface area is 136 Å². The molecular formula is C18H24F2N2O. The highest BCUT2D eigenvalue weighted by Crippen LogP contribution is 2.46. The topological polar surface area (TPSA) is 23.6 Å². The van der Waals surface area contributed by atoms with E-state index >= 15 is 0 Å². The van der Waals surface area contributed by atoms with Crippen LogP contribution in [0.3, 0.4) is 0 Å². The molecule has 0 spiro atoms. The Hall–Kier alpha value is -1.49. The third-order valence-electron chi connectivity index (χ3n) is 5.67. The first-order valence-corrected chi connectivity index (χ1v) is 8.25. The molecule has 0 N–H and O–H groups in total. The highest BCUT2D eigenvalue weighted by molar-refractivity contribution is 5.94. The van der Waals surface area contributed by atoms with Crippen molar-refractivity contribution in [1.82, 2.24) is 9.80 Å². The van der Waals surface area contributed by atoms with Crippen molar-refractivity contribution in [3.8, 4) is 0 Å². The van der Waals surface area contributed by atoms with E-state index in [4.69, 9.17) is 0 Å². The van der Waals surface area contributed by atoms with Gasteiger partial charge in [0.05, 0.1) is 0 Å². The first-order chi connectivity index (χ1) is 10.8. The maximum absolute atomic E-state index is 13.3. The smallest absolute Gasteiger partial charge is 0.254 e. The van der Waals surface area contributed by atoms with E-state index in [2.05, 4.69) is 19.0 Å². The number of halogens is 2. The van der Waals surface area contributed by atoms with Crippen molar-refractivity contribution in [1.29, 1.82) is 0 Å². The van der Waals surface area contributed by atoms with Crippen LogP contribution in [0.1, 0.15) is 36.0 Å². The Morgan fingerprint density at radius 2 is 1.39 bits per heavy atom. The summed E-state index contributed by atoms with van der Waals surface area (Å²) in [7, 11) is 6.00. The second-order valence-electron chi connectivity index (χ2n) is 7.31. The third kappa shape index (κ3) is 3.25. The standard InChI is InChI=1S/C18H24F2N2O/c1-21(2)16-6-11-8-17(9-12(11)7-16)22(3)18(23)13-4-14(19)10-15(20)5-13/h4-5,10-12,16-17H,6-9H2,1-3H3/t11-,12+,16?,17?. The first-order valence-electron chi connectivity index (χ1n) is 8.25. The Balaban J connectivity index is 1.66. The molecule has 0 saturated heterocycles. The van der Waals surface area contributed by atoms with Crippen LogP contribution >= 0.6 is 0 Å². The van der Waals surface area contributed by atoms with Gasteiger partial charge in [-0.3, -0.25) is 4.79 Å². The molecule has 3 nitrogen and oxygen atoms in total. The van der Waals surface area contributed by atoms with E-state index in [1.165, 1.54) is 12.8 Å². The Morgan fingerprint density at radius 1 is 0.913 bits per heavy atom. The van der Waals surface area contributed by atoms with Gasteiger partial charge < -0.3 is 9.80 Å². The highest BCUT2D eigenvalue weighted by atomic mass is 19.1. The van der Waals surface area contributed by atoms with E-state index in [-0.39, 0.29) is 17.5 Å². The Bertz CT molecular complexity index is 570. The molecule has 4 atom stereocenters. The third-order valence-corrected chi connectivity index (χ3v) is 5.67. The van der Waals surface area contributed by atoms with Crippen LogP contribution in [0, 0.1) is 23.5 Å². The number of hydrogen-bond donors (Lipinski definition) is 0. The summed E-state index contributed by atoms with van der Waals surface area (Å²) in [6, 6.07) is 3.83. The van der Waals surface area contributed by atoms with Crippen molar-refractivity contribution in [2.75, 3.05) is 21.1 Å². The van der Waals surface area contributed by atoms with E-state index in [1.54, 1.807) is 11.9 Å². The average Bonchev–Trinajstić information content (AvgIpc) is 3.03. The zero-order valence-electron chi connectivity index (χ0n) is 13.9. The molecule has 5 heteroatoms. The predicted molar refractivity (Wildman–Crippen MR) is 85.2 cm³/mol. The summed E-state index contributed by atoms with van der Waals surface area (Å²) >= 11 is 0. The summed E-state index contributed by atoms with van der Waals surface area (Å²) in [4.78, 5) is 16.5. The van der Waals surface area contributed by atoms with Gasteiger partial charge in [-0.05, 0) is 63.7 Å². The zero-order valence-corrected chi connectivity index (χ0v) is 13.9. The molecule has 2 unspecified atom stereocenters. The normalized spacial score (nSPS) is 29.8. The second-order valence-corrected chi connectivity index (χ2v) is 7.31. The van der Waals surface area contributed by atoms with Crippen molar-refractivity contribution in [3.05, 3.63) is 35.4 Å². The molecule has 1 aromatic carbocycles. The number of benzene rings is 1. The van der Waals surface area contributed by atoms with Crippen molar-refractivity contribution in [3.63, 3.8) is 0 Å². The molecule has 1 aromatic rings. The van der Waals surface area contributed by atoms with Gasteiger partial charge in [0.2, 0.25) is 0 Å². The molecule has 2 aliphatic carbocycles. The molecule has 2 saturated carbocycles. The molecular weight excluding hydrogens is 298 g/mol. The van der Waals surface area contributed by atoms with Crippen molar-refractivity contribution in [2.45, 2.75) is 37.8 Å². The molecule has 0 radical (unpaired) electrons. The molecule has 3 rings (SSSR count). The van der Waals surface area contributed by atoms with E-state index < -0.39 is 11.6 Å². The molecule has 23 heavy (non-hydrogen) atoms. The first kappa shape index (κ1) is 16.4. The molecule has 1 amide bonds. The fourth-order valence-corrected chi connectivity index (χ4v) is 4.34. The molecule has 0 heterocycles. The molecule has 0 aliphatic heterocycles. The van der Waals surface area contributed by atoms with Crippen LogP contribution in [0.4, 0.5) is 8.78 Å². The SMILES string of the molecule is CN(C)C1C[C@@H]2CC(N(C)C(=O)c3cc(F)cc(F)c3)C[C@@H]2C1. The molecule has 2 fully saturated rings. The number of carbonyl (C=O) groups excluding carboxylic acids is 1. The lowest BCUT2D eigenvalue weighted by Crippen LogP contribution is -2.36. The molecule has 0 aromatic heterocycles. The van der Waals surface area contributed by atoms with Gasteiger partial charge in [-0.15, -0.1) is 0 Å². The van der Waals surface area contributed by atoms with Gasteiger partial charge in [0.15, 0.2) is 0 Å². The van der Waals surface area contributed by atoms with Crippen LogP contribution in [-0.4, -0.2) is 48.9 Å². The van der Waals surface area contributed by atoms with Gasteiger partial charge in [-0.1, -0.05) is 0 Å². The minimum atomic E-state index is -0.709. The Morgan fingerprint density at radius 3 is 1.87 bits per heavy atom. The summed E-state index contributed by atoms with van der Waals surface area (Å²) in [6.45, 7) is 0. The van der Waals surface area contributed by atoms with Crippen LogP contribution in [0.5, 0.6) is 0 Å². The monoisotopic (exact) mass is 322 g/mol. The lowest BCUT2D eigenvalue weighted by molar-refractivity contribution is 0.0725. The average molecular weight is 322 g/mol. The predicted octanol–water partition coefficient (Wildman–Crippen LogP) is 3.16. The van der Waals surface area contributed by atoms with Gasteiger partial charge in [-0.25, -0.2) is 8.78 Å². The lowest BCUT2D eigenvalue weighted by Gasteiger charge is -2.27. The van der Waals surface area contributed by atoms with Gasteiger partial charge in [0, 0.05) is 30.8 Å². The minimum absolute atomic E-state index is 0.0910. The fraction of sp³-hybridized carbons (Fsp3) is 0.611. The van der Waals surface area contributed by atoms with Crippen molar-refractivity contribution >= 4 is 5.91 Å². The lowest BCUT2D eigenvalue weighted by atomic mass is 10.0. The van der Waals surface area contributed by atoms with Gasteiger partial charge in [0.1, 0.15) is 11.6 Å².